The van der Waals surface area contributed by atoms with Crippen molar-refractivity contribution in [1.29, 1.82) is 0 Å². The Hall–Kier alpha value is -0.940. The lowest BCUT2D eigenvalue weighted by Crippen LogP contribution is -2.34. The largest absolute Gasteiger partial charge is 0.381 e. The number of nitrogens with two attached hydrogens (primary N) is 1. The topological polar surface area (TPSA) is 74.2 Å². The Morgan fingerprint density at radius 1 is 1.39 bits per heavy atom. The summed E-state index contributed by atoms with van der Waals surface area (Å²) < 4.78 is 10.9. The summed E-state index contributed by atoms with van der Waals surface area (Å²) in [4.78, 5) is 4.58. The van der Waals surface area contributed by atoms with Crippen molar-refractivity contribution in [2.24, 2.45) is 5.73 Å². The monoisotopic (exact) mass is 253 g/mol. The van der Waals surface area contributed by atoms with Crippen LogP contribution in [0.2, 0.25) is 0 Å². The molecule has 1 aliphatic rings. The van der Waals surface area contributed by atoms with Gasteiger partial charge in [0.05, 0.1) is 12.0 Å². The molecule has 1 saturated heterocycles. The summed E-state index contributed by atoms with van der Waals surface area (Å²) in [5.41, 5.74) is 5.73. The molecule has 2 N–H and O–H groups in total. The zero-order valence-electron chi connectivity index (χ0n) is 11.3. The summed E-state index contributed by atoms with van der Waals surface area (Å²) in [7, 11) is 0. The van der Waals surface area contributed by atoms with E-state index in [1.54, 1.807) is 0 Å². The van der Waals surface area contributed by atoms with E-state index in [2.05, 4.69) is 24.0 Å². The van der Waals surface area contributed by atoms with Crippen molar-refractivity contribution in [3.05, 3.63) is 11.7 Å². The highest BCUT2D eigenvalue weighted by Gasteiger charge is 2.34. The van der Waals surface area contributed by atoms with E-state index in [1.807, 2.05) is 0 Å². The molecule has 0 saturated carbocycles. The van der Waals surface area contributed by atoms with E-state index < -0.39 is 0 Å². The number of rotatable bonds is 5. The Morgan fingerprint density at radius 2 is 2.17 bits per heavy atom. The first-order valence-corrected chi connectivity index (χ1v) is 6.87. The van der Waals surface area contributed by atoms with Gasteiger partial charge in [-0.25, -0.2) is 0 Å². The van der Waals surface area contributed by atoms with Crippen LogP contribution in [-0.2, 0) is 10.2 Å². The van der Waals surface area contributed by atoms with Gasteiger partial charge >= 0.3 is 0 Å². The summed E-state index contributed by atoms with van der Waals surface area (Å²) in [5, 5.41) is 4.13. The normalized spacial score (nSPS) is 21.2. The average molecular weight is 253 g/mol. The van der Waals surface area contributed by atoms with Crippen LogP contribution in [0.25, 0.3) is 0 Å². The molecule has 1 atom stereocenters. The second-order valence-electron chi connectivity index (χ2n) is 5.06. The lowest BCUT2D eigenvalue weighted by Gasteiger charge is -2.25. The van der Waals surface area contributed by atoms with E-state index in [9.17, 15) is 0 Å². The standard InChI is InChI=1S/C13H23N3O2/c1-3-13(4-2,9-14)12-15-11(16-18-12)10-6-5-7-17-8-10/h10H,3-9,14H2,1-2H3. The van der Waals surface area contributed by atoms with Crippen LogP contribution in [-0.4, -0.2) is 29.9 Å². The van der Waals surface area contributed by atoms with E-state index in [-0.39, 0.29) is 11.3 Å². The summed E-state index contributed by atoms with van der Waals surface area (Å²) in [6, 6.07) is 0. The fourth-order valence-corrected chi connectivity index (χ4v) is 2.49. The summed E-state index contributed by atoms with van der Waals surface area (Å²) in [6.07, 6.45) is 3.98. The van der Waals surface area contributed by atoms with Crippen LogP contribution in [0.15, 0.2) is 4.52 Å². The molecule has 1 aliphatic heterocycles. The molecular formula is C13H23N3O2. The molecule has 0 aromatic carbocycles. The van der Waals surface area contributed by atoms with E-state index in [1.165, 1.54) is 0 Å². The molecule has 2 heterocycles. The van der Waals surface area contributed by atoms with Gasteiger partial charge in [-0.1, -0.05) is 19.0 Å². The predicted octanol–water partition coefficient (Wildman–Crippen LogP) is 1.98. The highest BCUT2D eigenvalue weighted by Crippen LogP contribution is 2.31. The zero-order valence-corrected chi connectivity index (χ0v) is 11.3. The zero-order chi connectivity index (χ0) is 13.0. The van der Waals surface area contributed by atoms with Gasteiger partial charge in [0.1, 0.15) is 0 Å². The fourth-order valence-electron chi connectivity index (χ4n) is 2.49. The smallest absolute Gasteiger partial charge is 0.234 e. The van der Waals surface area contributed by atoms with Crippen molar-refractivity contribution < 1.29 is 9.26 Å². The van der Waals surface area contributed by atoms with Gasteiger partial charge in [0.15, 0.2) is 5.82 Å². The minimum atomic E-state index is -0.166. The molecule has 1 aromatic rings. The van der Waals surface area contributed by atoms with Gasteiger partial charge in [-0.3, -0.25) is 0 Å². The third kappa shape index (κ3) is 2.42. The number of ether oxygens (including phenoxy) is 1. The number of hydrogen-bond acceptors (Lipinski definition) is 5. The molecule has 1 aromatic heterocycles. The molecule has 18 heavy (non-hydrogen) atoms. The van der Waals surface area contributed by atoms with Crippen LogP contribution in [0.4, 0.5) is 0 Å². The summed E-state index contributed by atoms with van der Waals surface area (Å²) >= 11 is 0. The van der Waals surface area contributed by atoms with Crippen LogP contribution in [0.1, 0.15) is 57.2 Å². The van der Waals surface area contributed by atoms with Crippen LogP contribution >= 0.6 is 0 Å². The van der Waals surface area contributed by atoms with Crippen molar-refractivity contribution in [2.45, 2.75) is 50.9 Å². The molecule has 5 heteroatoms. The van der Waals surface area contributed by atoms with Crippen LogP contribution < -0.4 is 5.73 Å². The molecule has 0 amide bonds. The summed E-state index contributed by atoms with van der Waals surface area (Å²) in [6.45, 7) is 6.32. The Labute approximate surface area is 108 Å². The van der Waals surface area contributed by atoms with Gasteiger partial charge < -0.3 is 15.0 Å². The molecule has 102 valence electrons. The van der Waals surface area contributed by atoms with Crippen molar-refractivity contribution in [3.8, 4) is 0 Å². The van der Waals surface area contributed by atoms with E-state index in [0.29, 0.717) is 19.0 Å². The molecule has 0 bridgehead atoms. The quantitative estimate of drug-likeness (QED) is 0.868. The maximum Gasteiger partial charge on any atom is 0.234 e. The molecule has 0 radical (unpaired) electrons. The first kappa shape index (κ1) is 13.5. The molecule has 2 rings (SSSR count). The first-order chi connectivity index (χ1) is 8.75. The fraction of sp³-hybridized carbons (Fsp3) is 0.846. The SMILES string of the molecule is CCC(CC)(CN)c1nc(C2CCCOC2)no1. The Morgan fingerprint density at radius 3 is 2.72 bits per heavy atom. The minimum Gasteiger partial charge on any atom is -0.381 e. The summed E-state index contributed by atoms with van der Waals surface area (Å²) in [5.74, 6) is 1.75. The Balaban J connectivity index is 2.18. The van der Waals surface area contributed by atoms with Crippen molar-refractivity contribution in [3.63, 3.8) is 0 Å². The van der Waals surface area contributed by atoms with Crippen molar-refractivity contribution in [1.82, 2.24) is 10.1 Å². The predicted molar refractivity (Wildman–Crippen MR) is 68.4 cm³/mol. The minimum absolute atomic E-state index is 0.166. The van der Waals surface area contributed by atoms with Crippen molar-refractivity contribution in [2.75, 3.05) is 19.8 Å². The lowest BCUT2D eigenvalue weighted by atomic mass is 9.82. The second kappa shape index (κ2) is 5.80. The highest BCUT2D eigenvalue weighted by atomic mass is 16.5. The van der Waals surface area contributed by atoms with Crippen LogP contribution in [0.3, 0.4) is 0 Å². The molecule has 1 fully saturated rings. The highest BCUT2D eigenvalue weighted by molar-refractivity contribution is 5.07. The van der Waals surface area contributed by atoms with Crippen LogP contribution in [0.5, 0.6) is 0 Å². The van der Waals surface area contributed by atoms with Crippen molar-refractivity contribution >= 4 is 0 Å². The third-order valence-electron chi connectivity index (χ3n) is 4.17. The average Bonchev–Trinajstić information content (AvgIpc) is 2.93. The molecular weight excluding hydrogens is 230 g/mol. The van der Waals surface area contributed by atoms with Gasteiger partial charge in [0, 0.05) is 19.1 Å². The Kier molecular flexibility index (Phi) is 4.35. The third-order valence-corrected chi connectivity index (χ3v) is 4.17. The van der Waals surface area contributed by atoms with E-state index in [4.69, 9.17) is 15.0 Å². The molecule has 0 aliphatic carbocycles. The molecule has 0 spiro atoms. The number of hydrogen-bond donors (Lipinski definition) is 1. The van der Waals surface area contributed by atoms with E-state index >= 15 is 0 Å². The maximum absolute atomic E-state index is 5.90. The van der Waals surface area contributed by atoms with Gasteiger partial charge in [-0.05, 0) is 25.7 Å². The second-order valence-corrected chi connectivity index (χ2v) is 5.06. The van der Waals surface area contributed by atoms with Gasteiger partial charge in [-0.15, -0.1) is 0 Å². The van der Waals surface area contributed by atoms with Gasteiger partial charge in [0.25, 0.3) is 0 Å². The molecule has 5 nitrogen and oxygen atoms in total. The van der Waals surface area contributed by atoms with Gasteiger partial charge in [0.2, 0.25) is 5.89 Å². The lowest BCUT2D eigenvalue weighted by molar-refractivity contribution is 0.0773. The van der Waals surface area contributed by atoms with E-state index in [0.717, 1.165) is 38.1 Å². The van der Waals surface area contributed by atoms with Gasteiger partial charge in [-0.2, -0.15) is 4.98 Å². The number of nitrogens with zero attached hydrogens (tertiary/aromatic N) is 2. The van der Waals surface area contributed by atoms with Crippen LogP contribution in [0, 0.1) is 0 Å². The maximum atomic E-state index is 5.90. The number of aromatic nitrogens is 2. The first-order valence-electron chi connectivity index (χ1n) is 6.87. The molecule has 1 unspecified atom stereocenters. The Bertz CT molecular complexity index is 360.